The molecule has 0 saturated carbocycles. The molecule has 1 N–H and O–H groups in total. The van der Waals surface area contributed by atoms with E-state index in [1.165, 1.54) is 11.0 Å². The summed E-state index contributed by atoms with van der Waals surface area (Å²) in [6.07, 6.45) is 4.47. The van der Waals surface area contributed by atoms with E-state index in [-0.39, 0.29) is 43.5 Å². The van der Waals surface area contributed by atoms with E-state index in [4.69, 9.17) is 4.74 Å². The largest absolute Gasteiger partial charge is 0.461 e. The molecule has 2 bridgehead atoms. The van der Waals surface area contributed by atoms with Crippen molar-refractivity contribution in [2.45, 2.75) is 48.5 Å². The maximum atomic E-state index is 14.3. The summed E-state index contributed by atoms with van der Waals surface area (Å²) in [7, 11) is 0. The molecule has 4 heterocycles. The molecule has 5 rings (SSSR count). The summed E-state index contributed by atoms with van der Waals surface area (Å²) >= 11 is 1.56. The zero-order valence-corrected chi connectivity index (χ0v) is 21.5. The van der Waals surface area contributed by atoms with Gasteiger partial charge in [0.15, 0.2) is 0 Å². The van der Waals surface area contributed by atoms with Gasteiger partial charge in [0.1, 0.15) is 24.8 Å². The maximum Gasteiger partial charge on any atom is 0.311 e. The van der Waals surface area contributed by atoms with Gasteiger partial charge in [-0.1, -0.05) is 36.1 Å². The molecule has 37 heavy (non-hydrogen) atoms. The van der Waals surface area contributed by atoms with Crippen molar-refractivity contribution < 1.29 is 24.2 Å². The van der Waals surface area contributed by atoms with E-state index in [0.717, 1.165) is 5.52 Å². The molecule has 1 spiro atoms. The summed E-state index contributed by atoms with van der Waals surface area (Å²) in [5.41, 5.74) is 1.49. The highest BCUT2D eigenvalue weighted by molar-refractivity contribution is 8.02. The number of rotatable bonds is 10. The van der Waals surface area contributed by atoms with Crippen LogP contribution in [0.2, 0.25) is 0 Å². The van der Waals surface area contributed by atoms with Crippen LogP contribution in [0.25, 0.3) is 11.0 Å². The lowest BCUT2D eigenvalue weighted by Crippen LogP contribution is -2.57. The predicted molar refractivity (Wildman–Crippen MR) is 138 cm³/mol. The number of fused-ring (bicyclic) bond motifs is 2. The standard InChI is InChI=1S/C26H31N5O5S/c1-4-12-29(15-30-18-9-7-6-8-17(18)27-28-30)24(34)22-26-11-10-19(37-26)20(25(35)36-13-5-2)21(26)23(33)31(22)16(3)14-32/h4-9,16,19-22,32H,1-2,10-15H2,3H3/t16-,19-,20+,21+,22?,26?/m1/s1. The van der Waals surface area contributed by atoms with Gasteiger partial charge in [-0.25, -0.2) is 4.68 Å². The zero-order chi connectivity index (χ0) is 26.3. The van der Waals surface area contributed by atoms with Crippen molar-refractivity contribution in [3.05, 3.63) is 49.6 Å². The van der Waals surface area contributed by atoms with Crippen LogP contribution in [0.5, 0.6) is 0 Å². The van der Waals surface area contributed by atoms with Gasteiger partial charge in [0.05, 0.1) is 34.7 Å². The number of benzene rings is 1. The van der Waals surface area contributed by atoms with Crippen molar-refractivity contribution in [1.29, 1.82) is 0 Å². The van der Waals surface area contributed by atoms with Crippen LogP contribution in [-0.4, -0.2) is 89.5 Å². The Balaban J connectivity index is 1.52. The summed E-state index contributed by atoms with van der Waals surface area (Å²) in [5.74, 6) is -2.29. The summed E-state index contributed by atoms with van der Waals surface area (Å²) < 4.78 is 6.25. The second-order valence-electron chi connectivity index (χ2n) is 9.82. The molecule has 2 amide bonds. The molecule has 196 valence electrons. The van der Waals surface area contributed by atoms with E-state index < -0.39 is 34.6 Å². The normalized spacial score (nSPS) is 28.8. The molecule has 10 nitrogen and oxygen atoms in total. The monoisotopic (exact) mass is 525 g/mol. The average molecular weight is 526 g/mol. The van der Waals surface area contributed by atoms with Crippen LogP contribution in [-0.2, 0) is 25.8 Å². The Labute approximate surface area is 219 Å². The van der Waals surface area contributed by atoms with Crippen molar-refractivity contribution >= 4 is 40.6 Å². The number of hydrogen-bond acceptors (Lipinski definition) is 8. The molecule has 3 aliphatic rings. The molecule has 3 saturated heterocycles. The summed E-state index contributed by atoms with van der Waals surface area (Å²) in [4.78, 5) is 44.4. The van der Waals surface area contributed by atoms with Gasteiger partial charge in [0, 0.05) is 11.8 Å². The lowest BCUT2D eigenvalue weighted by atomic mass is 9.71. The number of nitrogens with zero attached hydrogens (tertiary/aromatic N) is 5. The number of para-hydroxylation sites is 1. The number of hydrogen-bond donors (Lipinski definition) is 1. The zero-order valence-electron chi connectivity index (χ0n) is 20.7. The molecule has 6 atom stereocenters. The van der Waals surface area contributed by atoms with Gasteiger partial charge in [0.25, 0.3) is 0 Å². The van der Waals surface area contributed by atoms with Crippen LogP contribution in [0.3, 0.4) is 0 Å². The van der Waals surface area contributed by atoms with Gasteiger partial charge in [-0.3, -0.25) is 14.4 Å². The van der Waals surface area contributed by atoms with E-state index in [0.29, 0.717) is 18.4 Å². The SMILES string of the molecule is C=CCOC(=O)[C@@H]1[C@H]2C(=O)N([C@H](C)CO)C(C(=O)N(CC=C)Cn3nnc4ccccc43)C23CC[C@H]1S3. The van der Waals surface area contributed by atoms with E-state index in [1.807, 2.05) is 24.3 Å². The summed E-state index contributed by atoms with van der Waals surface area (Å²) in [6, 6.07) is 6.05. The number of aromatic nitrogens is 3. The average Bonchev–Trinajstić information content (AvgIpc) is 3.65. The Morgan fingerprint density at radius 1 is 1.35 bits per heavy atom. The van der Waals surface area contributed by atoms with Crippen LogP contribution in [0.15, 0.2) is 49.6 Å². The highest BCUT2D eigenvalue weighted by atomic mass is 32.2. The Morgan fingerprint density at radius 3 is 2.86 bits per heavy atom. The predicted octanol–water partition coefficient (Wildman–Crippen LogP) is 1.60. The van der Waals surface area contributed by atoms with Crippen molar-refractivity contribution in [2.75, 3.05) is 19.8 Å². The van der Waals surface area contributed by atoms with Gasteiger partial charge in [-0.05, 0) is 31.9 Å². The first kappa shape index (κ1) is 25.5. The van der Waals surface area contributed by atoms with Crippen LogP contribution in [0, 0.1) is 11.8 Å². The van der Waals surface area contributed by atoms with E-state index in [9.17, 15) is 19.5 Å². The minimum absolute atomic E-state index is 0.0682. The van der Waals surface area contributed by atoms with E-state index >= 15 is 0 Å². The first-order valence-electron chi connectivity index (χ1n) is 12.4. The Kier molecular flexibility index (Phi) is 6.84. The van der Waals surface area contributed by atoms with Crippen molar-refractivity contribution in [1.82, 2.24) is 24.8 Å². The molecule has 2 unspecified atom stereocenters. The number of thioether (sulfide) groups is 1. The molecule has 1 aromatic heterocycles. The summed E-state index contributed by atoms with van der Waals surface area (Å²) in [6.45, 7) is 9.28. The first-order chi connectivity index (χ1) is 17.9. The third-order valence-electron chi connectivity index (χ3n) is 7.71. The lowest BCUT2D eigenvalue weighted by Gasteiger charge is -2.38. The maximum absolute atomic E-state index is 14.3. The smallest absolute Gasteiger partial charge is 0.311 e. The number of esters is 1. The number of ether oxygens (including phenoxy) is 1. The van der Waals surface area contributed by atoms with Crippen LogP contribution in [0.1, 0.15) is 19.8 Å². The highest BCUT2D eigenvalue weighted by Gasteiger charge is 2.74. The first-order valence-corrected chi connectivity index (χ1v) is 13.3. The molecule has 0 aliphatic carbocycles. The third kappa shape index (κ3) is 3.95. The topological polar surface area (TPSA) is 118 Å². The second-order valence-corrected chi connectivity index (χ2v) is 11.4. The molecule has 3 fully saturated rings. The van der Waals surface area contributed by atoms with E-state index in [2.05, 4.69) is 23.5 Å². The molecule has 2 aromatic rings. The number of likely N-dealkylation sites (tertiary alicyclic amines) is 1. The molecular formula is C26H31N5O5S. The van der Waals surface area contributed by atoms with Crippen LogP contribution < -0.4 is 0 Å². The van der Waals surface area contributed by atoms with Crippen molar-refractivity contribution in [3.8, 4) is 0 Å². The fourth-order valence-corrected chi connectivity index (χ4v) is 8.35. The molecule has 1 aromatic carbocycles. The minimum Gasteiger partial charge on any atom is -0.461 e. The second kappa shape index (κ2) is 9.94. The van der Waals surface area contributed by atoms with Crippen molar-refractivity contribution in [3.63, 3.8) is 0 Å². The van der Waals surface area contributed by atoms with Crippen LogP contribution >= 0.6 is 11.8 Å². The highest BCUT2D eigenvalue weighted by Crippen LogP contribution is 2.66. The van der Waals surface area contributed by atoms with Crippen LogP contribution in [0.4, 0.5) is 0 Å². The van der Waals surface area contributed by atoms with E-state index in [1.54, 1.807) is 34.3 Å². The number of amides is 2. The van der Waals surface area contributed by atoms with Crippen molar-refractivity contribution in [2.24, 2.45) is 11.8 Å². The Hall–Kier alpha value is -3.18. The third-order valence-corrected chi connectivity index (χ3v) is 9.66. The number of aliphatic hydroxyl groups excluding tert-OH is 1. The van der Waals surface area contributed by atoms with Gasteiger partial charge in [-0.15, -0.1) is 23.4 Å². The summed E-state index contributed by atoms with van der Waals surface area (Å²) in [5, 5.41) is 18.4. The fraction of sp³-hybridized carbons (Fsp3) is 0.500. The fourth-order valence-electron chi connectivity index (χ4n) is 6.17. The molecule has 3 aliphatic heterocycles. The van der Waals surface area contributed by atoms with Gasteiger partial charge < -0.3 is 19.6 Å². The van der Waals surface area contributed by atoms with Gasteiger partial charge in [-0.2, -0.15) is 0 Å². The lowest BCUT2D eigenvalue weighted by molar-refractivity contribution is -0.153. The number of carbonyl (C=O) groups excluding carboxylic acids is 3. The Bertz CT molecular complexity index is 1250. The number of carbonyl (C=O) groups is 3. The minimum atomic E-state index is -0.839. The quantitative estimate of drug-likeness (QED) is 0.367. The number of aliphatic hydroxyl groups is 1. The molecule has 11 heteroatoms. The molecular weight excluding hydrogens is 494 g/mol. The molecule has 0 radical (unpaired) electrons. The van der Waals surface area contributed by atoms with Gasteiger partial charge >= 0.3 is 5.97 Å². The van der Waals surface area contributed by atoms with Gasteiger partial charge in [0.2, 0.25) is 11.8 Å². The Morgan fingerprint density at radius 2 is 2.14 bits per heavy atom.